The lowest BCUT2D eigenvalue weighted by atomic mass is 9.89. The summed E-state index contributed by atoms with van der Waals surface area (Å²) < 4.78 is 5.38. The third kappa shape index (κ3) is 1.72. The molecule has 0 bridgehead atoms. The normalized spacial score (nSPS) is 25.5. The summed E-state index contributed by atoms with van der Waals surface area (Å²) in [6.45, 7) is 3.28. The predicted molar refractivity (Wildman–Crippen MR) is 60.0 cm³/mol. The number of ether oxygens (including phenoxy) is 1. The van der Waals surface area contributed by atoms with E-state index in [0.29, 0.717) is 0 Å². The third-order valence-corrected chi connectivity index (χ3v) is 3.29. The second kappa shape index (κ2) is 4.19. The van der Waals surface area contributed by atoms with Crippen molar-refractivity contribution in [1.29, 1.82) is 0 Å². The Morgan fingerprint density at radius 3 is 3.07 bits per heavy atom. The molecule has 0 aromatic carbocycles. The minimum atomic E-state index is 0.0343. The maximum Gasteiger partial charge on any atom is 0.142 e. The van der Waals surface area contributed by atoms with Crippen molar-refractivity contribution < 1.29 is 4.74 Å². The molecule has 1 aliphatic heterocycles. The van der Waals surface area contributed by atoms with Gasteiger partial charge in [0, 0.05) is 6.20 Å². The van der Waals surface area contributed by atoms with Crippen molar-refractivity contribution in [1.82, 2.24) is 10.3 Å². The largest absolute Gasteiger partial charge is 0.495 e. The van der Waals surface area contributed by atoms with Crippen LogP contribution in [0.2, 0.25) is 0 Å². The molecule has 1 unspecified atom stereocenters. The van der Waals surface area contributed by atoms with Gasteiger partial charge in [0.1, 0.15) is 11.4 Å². The van der Waals surface area contributed by atoms with Crippen LogP contribution < -0.4 is 10.1 Å². The van der Waals surface area contributed by atoms with Crippen molar-refractivity contribution in [3.63, 3.8) is 0 Å². The molecule has 3 heteroatoms. The molecule has 2 rings (SSSR count). The molecule has 82 valence electrons. The van der Waals surface area contributed by atoms with Gasteiger partial charge in [0.2, 0.25) is 0 Å². The van der Waals surface area contributed by atoms with E-state index in [-0.39, 0.29) is 5.54 Å². The maximum absolute atomic E-state index is 5.38. The van der Waals surface area contributed by atoms with E-state index in [1.165, 1.54) is 6.42 Å². The van der Waals surface area contributed by atoms with Crippen LogP contribution in [0.5, 0.6) is 5.75 Å². The van der Waals surface area contributed by atoms with E-state index in [9.17, 15) is 0 Å². The molecule has 1 aromatic rings. The standard InChI is InChI=1S/C12H18N2O/c1-3-12(7-5-9-14-12)11-10(15-2)6-4-8-13-11/h4,6,8,14H,3,5,7,9H2,1-2H3. The molecule has 1 N–H and O–H groups in total. The highest BCUT2D eigenvalue weighted by molar-refractivity contribution is 5.33. The molecule has 2 heterocycles. The molecule has 15 heavy (non-hydrogen) atoms. The van der Waals surface area contributed by atoms with Gasteiger partial charge in [-0.1, -0.05) is 6.92 Å². The van der Waals surface area contributed by atoms with Crippen molar-refractivity contribution in [2.75, 3.05) is 13.7 Å². The Balaban J connectivity index is 2.41. The van der Waals surface area contributed by atoms with Crippen LogP contribution in [0.1, 0.15) is 31.9 Å². The van der Waals surface area contributed by atoms with E-state index in [1.54, 1.807) is 7.11 Å². The van der Waals surface area contributed by atoms with E-state index < -0.39 is 0 Å². The minimum absolute atomic E-state index is 0.0343. The molecule has 0 saturated carbocycles. The van der Waals surface area contributed by atoms with Crippen LogP contribution in [-0.2, 0) is 5.54 Å². The fourth-order valence-electron chi connectivity index (χ4n) is 2.39. The Labute approximate surface area is 90.9 Å². The van der Waals surface area contributed by atoms with Crippen molar-refractivity contribution in [2.24, 2.45) is 0 Å². The summed E-state index contributed by atoms with van der Waals surface area (Å²) >= 11 is 0. The van der Waals surface area contributed by atoms with Gasteiger partial charge in [-0.15, -0.1) is 0 Å². The lowest BCUT2D eigenvalue weighted by molar-refractivity contribution is 0.331. The van der Waals surface area contributed by atoms with Gasteiger partial charge in [0.25, 0.3) is 0 Å². The summed E-state index contributed by atoms with van der Waals surface area (Å²) in [4.78, 5) is 4.49. The van der Waals surface area contributed by atoms with Crippen LogP contribution in [-0.4, -0.2) is 18.6 Å². The van der Waals surface area contributed by atoms with Crippen LogP contribution in [0.15, 0.2) is 18.3 Å². The first-order valence-corrected chi connectivity index (χ1v) is 5.57. The fourth-order valence-corrected chi connectivity index (χ4v) is 2.39. The van der Waals surface area contributed by atoms with Crippen molar-refractivity contribution >= 4 is 0 Å². The van der Waals surface area contributed by atoms with Gasteiger partial charge in [0.15, 0.2) is 0 Å². The third-order valence-electron chi connectivity index (χ3n) is 3.29. The average Bonchev–Trinajstić information content (AvgIpc) is 2.79. The zero-order valence-corrected chi connectivity index (χ0v) is 9.42. The predicted octanol–water partition coefficient (Wildman–Crippen LogP) is 2.08. The van der Waals surface area contributed by atoms with Gasteiger partial charge in [-0.3, -0.25) is 4.98 Å². The Hall–Kier alpha value is -1.09. The molecular weight excluding hydrogens is 188 g/mol. The SMILES string of the molecule is CCC1(c2ncccc2OC)CCCN1. The van der Waals surface area contributed by atoms with Crippen LogP contribution in [0, 0.1) is 0 Å². The van der Waals surface area contributed by atoms with Crippen LogP contribution in [0.3, 0.4) is 0 Å². The first-order valence-electron chi connectivity index (χ1n) is 5.57. The van der Waals surface area contributed by atoms with E-state index in [4.69, 9.17) is 4.74 Å². The summed E-state index contributed by atoms with van der Waals surface area (Å²) in [7, 11) is 1.71. The fraction of sp³-hybridized carbons (Fsp3) is 0.583. The van der Waals surface area contributed by atoms with Gasteiger partial charge in [0.05, 0.1) is 12.6 Å². The number of nitrogens with one attached hydrogen (secondary N) is 1. The van der Waals surface area contributed by atoms with Crippen LogP contribution >= 0.6 is 0 Å². The van der Waals surface area contributed by atoms with Crippen molar-refractivity contribution in [3.8, 4) is 5.75 Å². The Kier molecular flexibility index (Phi) is 2.91. The second-order valence-electron chi connectivity index (χ2n) is 4.02. The number of rotatable bonds is 3. The molecule has 0 amide bonds. The number of hydrogen-bond acceptors (Lipinski definition) is 3. The Bertz CT molecular complexity index is 332. The van der Waals surface area contributed by atoms with Crippen molar-refractivity contribution in [2.45, 2.75) is 31.7 Å². The van der Waals surface area contributed by atoms with Crippen LogP contribution in [0.4, 0.5) is 0 Å². The molecule has 1 aliphatic rings. The lowest BCUT2D eigenvalue weighted by Gasteiger charge is -2.28. The average molecular weight is 206 g/mol. The second-order valence-corrected chi connectivity index (χ2v) is 4.02. The highest BCUT2D eigenvalue weighted by Crippen LogP contribution is 2.37. The number of methoxy groups -OCH3 is 1. The maximum atomic E-state index is 5.38. The van der Waals surface area contributed by atoms with E-state index >= 15 is 0 Å². The summed E-state index contributed by atoms with van der Waals surface area (Å²) in [5.41, 5.74) is 1.10. The number of pyridine rings is 1. The molecule has 3 nitrogen and oxygen atoms in total. The monoisotopic (exact) mass is 206 g/mol. The minimum Gasteiger partial charge on any atom is -0.495 e. The highest BCUT2D eigenvalue weighted by Gasteiger charge is 2.36. The highest BCUT2D eigenvalue weighted by atomic mass is 16.5. The lowest BCUT2D eigenvalue weighted by Crippen LogP contribution is -2.37. The molecule has 0 radical (unpaired) electrons. The first-order chi connectivity index (χ1) is 7.32. The quantitative estimate of drug-likeness (QED) is 0.822. The summed E-state index contributed by atoms with van der Waals surface area (Å²) in [5.74, 6) is 0.897. The summed E-state index contributed by atoms with van der Waals surface area (Å²) in [5, 5.41) is 3.57. The smallest absolute Gasteiger partial charge is 0.142 e. The van der Waals surface area contributed by atoms with E-state index in [0.717, 1.165) is 30.8 Å². The molecule has 0 spiro atoms. The Morgan fingerprint density at radius 1 is 1.60 bits per heavy atom. The van der Waals surface area contributed by atoms with E-state index in [2.05, 4.69) is 17.2 Å². The number of nitrogens with zero attached hydrogens (tertiary/aromatic N) is 1. The van der Waals surface area contributed by atoms with Gasteiger partial charge in [-0.05, 0) is 37.9 Å². The molecule has 1 fully saturated rings. The first kappa shape index (κ1) is 10.4. The molecule has 1 atom stereocenters. The van der Waals surface area contributed by atoms with Crippen molar-refractivity contribution in [3.05, 3.63) is 24.0 Å². The molecule has 1 aromatic heterocycles. The summed E-state index contributed by atoms with van der Waals surface area (Å²) in [6.07, 6.45) is 5.26. The van der Waals surface area contributed by atoms with Gasteiger partial charge in [-0.2, -0.15) is 0 Å². The molecule has 0 aliphatic carbocycles. The summed E-state index contributed by atoms with van der Waals surface area (Å²) in [6, 6.07) is 3.90. The van der Waals surface area contributed by atoms with Gasteiger partial charge in [-0.25, -0.2) is 0 Å². The topological polar surface area (TPSA) is 34.1 Å². The zero-order chi connectivity index (χ0) is 10.7. The van der Waals surface area contributed by atoms with Gasteiger partial charge >= 0.3 is 0 Å². The van der Waals surface area contributed by atoms with E-state index in [1.807, 2.05) is 18.3 Å². The van der Waals surface area contributed by atoms with Crippen LogP contribution in [0.25, 0.3) is 0 Å². The number of aromatic nitrogens is 1. The molecular formula is C12H18N2O. The number of hydrogen-bond donors (Lipinski definition) is 1. The molecule has 1 saturated heterocycles. The zero-order valence-electron chi connectivity index (χ0n) is 9.42. The Morgan fingerprint density at radius 2 is 2.47 bits per heavy atom. The van der Waals surface area contributed by atoms with Gasteiger partial charge < -0.3 is 10.1 Å².